The molecule has 0 spiro atoms. The standard InChI is InChI=1S/C12H15N5/c1-2-11(15-4-1)12-6-14-9-17(12)7-10-3-5-13-8-16-10/h3,5-6,8-9,11,15H,1-2,4,7H2. The predicted octanol–water partition coefficient (Wildman–Crippen LogP) is 1.15. The summed E-state index contributed by atoms with van der Waals surface area (Å²) in [6.07, 6.45) is 9.60. The van der Waals surface area contributed by atoms with Gasteiger partial charge in [-0.05, 0) is 25.5 Å². The summed E-state index contributed by atoms with van der Waals surface area (Å²) in [5, 5.41) is 3.49. The van der Waals surface area contributed by atoms with Crippen LogP contribution in [0.2, 0.25) is 0 Å². The molecule has 3 rings (SSSR count). The molecule has 1 N–H and O–H groups in total. The molecule has 1 unspecified atom stereocenters. The smallest absolute Gasteiger partial charge is 0.115 e. The SMILES string of the molecule is c1cc(Cn2cncc2C2CCCN2)ncn1. The predicted molar refractivity (Wildman–Crippen MR) is 63.3 cm³/mol. The second-order valence-corrected chi connectivity index (χ2v) is 4.30. The van der Waals surface area contributed by atoms with Crippen LogP contribution in [0, 0.1) is 0 Å². The van der Waals surface area contributed by atoms with Gasteiger partial charge in [0.25, 0.3) is 0 Å². The van der Waals surface area contributed by atoms with Crippen molar-refractivity contribution in [1.29, 1.82) is 0 Å². The van der Waals surface area contributed by atoms with Gasteiger partial charge in [0.15, 0.2) is 0 Å². The lowest BCUT2D eigenvalue weighted by atomic mass is 10.2. The molecule has 88 valence electrons. The quantitative estimate of drug-likeness (QED) is 0.857. The van der Waals surface area contributed by atoms with E-state index in [1.165, 1.54) is 18.5 Å². The van der Waals surface area contributed by atoms with Gasteiger partial charge >= 0.3 is 0 Å². The zero-order valence-electron chi connectivity index (χ0n) is 9.58. The van der Waals surface area contributed by atoms with Crippen molar-refractivity contribution in [3.63, 3.8) is 0 Å². The fourth-order valence-corrected chi connectivity index (χ4v) is 2.28. The van der Waals surface area contributed by atoms with Crippen LogP contribution in [0.25, 0.3) is 0 Å². The Hall–Kier alpha value is -1.75. The van der Waals surface area contributed by atoms with Gasteiger partial charge in [-0.15, -0.1) is 0 Å². The van der Waals surface area contributed by atoms with Gasteiger partial charge in [0.2, 0.25) is 0 Å². The minimum atomic E-state index is 0.444. The maximum absolute atomic E-state index is 4.24. The molecule has 0 aromatic carbocycles. The minimum Gasteiger partial charge on any atom is -0.327 e. The molecule has 1 aliphatic rings. The zero-order valence-corrected chi connectivity index (χ0v) is 9.58. The zero-order chi connectivity index (χ0) is 11.5. The first-order valence-corrected chi connectivity index (χ1v) is 5.92. The van der Waals surface area contributed by atoms with E-state index in [0.29, 0.717) is 6.04 Å². The lowest BCUT2D eigenvalue weighted by Crippen LogP contribution is -2.17. The third kappa shape index (κ3) is 2.19. The molecule has 1 aliphatic heterocycles. The van der Waals surface area contributed by atoms with Gasteiger partial charge in [-0.25, -0.2) is 15.0 Å². The van der Waals surface area contributed by atoms with Crippen molar-refractivity contribution >= 4 is 0 Å². The topological polar surface area (TPSA) is 55.6 Å². The summed E-state index contributed by atoms with van der Waals surface area (Å²) < 4.78 is 2.16. The first-order valence-electron chi connectivity index (χ1n) is 5.92. The Morgan fingerprint density at radius 3 is 3.18 bits per heavy atom. The van der Waals surface area contributed by atoms with Crippen LogP contribution in [-0.4, -0.2) is 26.1 Å². The van der Waals surface area contributed by atoms with E-state index in [1.54, 1.807) is 12.5 Å². The Labute approximate surface area is 99.9 Å². The molecule has 2 aromatic heterocycles. The van der Waals surface area contributed by atoms with Crippen molar-refractivity contribution in [3.05, 3.63) is 42.5 Å². The van der Waals surface area contributed by atoms with Crippen LogP contribution in [-0.2, 0) is 6.54 Å². The van der Waals surface area contributed by atoms with Gasteiger partial charge in [0.1, 0.15) is 6.33 Å². The van der Waals surface area contributed by atoms with Crippen LogP contribution in [0.3, 0.4) is 0 Å². The Bertz CT molecular complexity index is 473. The van der Waals surface area contributed by atoms with Crippen molar-refractivity contribution in [3.8, 4) is 0 Å². The van der Waals surface area contributed by atoms with E-state index >= 15 is 0 Å². The maximum Gasteiger partial charge on any atom is 0.115 e. The first-order chi connectivity index (χ1) is 8.43. The maximum atomic E-state index is 4.24. The molecule has 0 aliphatic carbocycles. The Kier molecular flexibility index (Phi) is 2.83. The summed E-state index contributed by atoms with van der Waals surface area (Å²) in [5.41, 5.74) is 2.26. The van der Waals surface area contributed by atoms with E-state index in [2.05, 4.69) is 24.8 Å². The molecule has 1 atom stereocenters. The van der Waals surface area contributed by atoms with Gasteiger partial charge in [-0.1, -0.05) is 0 Å². The molecular weight excluding hydrogens is 214 g/mol. The normalized spacial score (nSPS) is 19.6. The molecule has 1 saturated heterocycles. The number of imidazole rings is 1. The number of aromatic nitrogens is 4. The molecule has 3 heterocycles. The van der Waals surface area contributed by atoms with Crippen molar-refractivity contribution in [2.75, 3.05) is 6.54 Å². The van der Waals surface area contributed by atoms with E-state index in [0.717, 1.165) is 18.8 Å². The fourth-order valence-electron chi connectivity index (χ4n) is 2.28. The molecule has 5 heteroatoms. The molecule has 2 aromatic rings. The number of hydrogen-bond donors (Lipinski definition) is 1. The van der Waals surface area contributed by atoms with Crippen molar-refractivity contribution in [2.45, 2.75) is 25.4 Å². The largest absolute Gasteiger partial charge is 0.327 e. The van der Waals surface area contributed by atoms with Crippen LogP contribution < -0.4 is 5.32 Å². The average molecular weight is 229 g/mol. The van der Waals surface area contributed by atoms with Crippen LogP contribution in [0.5, 0.6) is 0 Å². The Balaban J connectivity index is 1.81. The summed E-state index contributed by atoms with van der Waals surface area (Å²) in [6, 6.07) is 2.38. The molecule has 0 amide bonds. The number of nitrogens with one attached hydrogen (secondary N) is 1. The molecule has 1 fully saturated rings. The second kappa shape index (κ2) is 4.63. The number of rotatable bonds is 3. The summed E-state index contributed by atoms with van der Waals surface area (Å²) in [5.74, 6) is 0. The van der Waals surface area contributed by atoms with Crippen LogP contribution in [0.15, 0.2) is 31.1 Å². The Morgan fingerprint density at radius 1 is 1.41 bits per heavy atom. The minimum absolute atomic E-state index is 0.444. The molecule has 0 saturated carbocycles. The molecular formula is C12H15N5. The van der Waals surface area contributed by atoms with Crippen LogP contribution in [0.4, 0.5) is 0 Å². The Morgan fingerprint density at radius 2 is 2.41 bits per heavy atom. The monoisotopic (exact) mass is 229 g/mol. The molecule has 17 heavy (non-hydrogen) atoms. The van der Waals surface area contributed by atoms with E-state index in [1.807, 2.05) is 18.6 Å². The molecule has 0 radical (unpaired) electrons. The summed E-state index contributed by atoms with van der Waals surface area (Å²) in [6.45, 7) is 1.86. The summed E-state index contributed by atoms with van der Waals surface area (Å²) in [4.78, 5) is 12.4. The highest BCUT2D eigenvalue weighted by molar-refractivity contribution is 5.10. The number of nitrogens with zero attached hydrogens (tertiary/aromatic N) is 4. The van der Waals surface area contributed by atoms with Gasteiger partial charge in [0.05, 0.1) is 24.3 Å². The van der Waals surface area contributed by atoms with Gasteiger partial charge < -0.3 is 9.88 Å². The van der Waals surface area contributed by atoms with E-state index < -0.39 is 0 Å². The third-order valence-corrected chi connectivity index (χ3v) is 3.14. The second-order valence-electron chi connectivity index (χ2n) is 4.30. The number of hydrogen-bond acceptors (Lipinski definition) is 4. The van der Waals surface area contributed by atoms with Gasteiger partial charge in [0, 0.05) is 18.4 Å². The summed E-state index contributed by atoms with van der Waals surface area (Å²) in [7, 11) is 0. The molecule has 0 bridgehead atoms. The third-order valence-electron chi connectivity index (χ3n) is 3.14. The van der Waals surface area contributed by atoms with Crippen LogP contribution >= 0.6 is 0 Å². The first kappa shape index (κ1) is 10.4. The van der Waals surface area contributed by atoms with E-state index in [-0.39, 0.29) is 0 Å². The highest BCUT2D eigenvalue weighted by atomic mass is 15.1. The van der Waals surface area contributed by atoms with Gasteiger partial charge in [-0.2, -0.15) is 0 Å². The lowest BCUT2D eigenvalue weighted by molar-refractivity contribution is 0.581. The van der Waals surface area contributed by atoms with Gasteiger partial charge in [-0.3, -0.25) is 0 Å². The molecule has 5 nitrogen and oxygen atoms in total. The lowest BCUT2D eigenvalue weighted by Gasteiger charge is -2.13. The van der Waals surface area contributed by atoms with Crippen molar-refractivity contribution < 1.29 is 0 Å². The highest BCUT2D eigenvalue weighted by Crippen LogP contribution is 2.22. The van der Waals surface area contributed by atoms with Crippen molar-refractivity contribution in [1.82, 2.24) is 24.8 Å². The summed E-state index contributed by atoms with van der Waals surface area (Å²) >= 11 is 0. The van der Waals surface area contributed by atoms with Crippen molar-refractivity contribution in [2.24, 2.45) is 0 Å². The van der Waals surface area contributed by atoms with Crippen LogP contribution in [0.1, 0.15) is 30.3 Å². The van der Waals surface area contributed by atoms with E-state index in [4.69, 9.17) is 0 Å². The van der Waals surface area contributed by atoms with E-state index in [9.17, 15) is 0 Å². The fraction of sp³-hybridized carbons (Fsp3) is 0.417. The highest BCUT2D eigenvalue weighted by Gasteiger charge is 2.19. The average Bonchev–Trinajstić information content (AvgIpc) is 3.00.